The summed E-state index contributed by atoms with van der Waals surface area (Å²) in [4.78, 5) is 16.2. The molecule has 7 heteroatoms. The van der Waals surface area contributed by atoms with E-state index in [2.05, 4.69) is 25.7 Å². The Bertz CT molecular complexity index is 773. The van der Waals surface area contributed by atoms with Gasteiger partial charge in [-0.25, -0.2) is 0 Å². The molecule has 0 radical (unpaired) electrons. The van der Waals surface area contributed by atoms with Gasteiger partial charge in [-0.15, -0.1) is 0 Å². The maximum absolute atomic E-state index is 12.1. The SMILES string of the molecule is Cc1noc(-c2ccc(C(=O)Nc3cc(C)[nH]n3)cc2)n1. The first kappa shape index (κ1) is 13.0. The van der Waals surface area contributed by atoms with Gasteiger partial charge >= 0.3 is 0 Å². The molecule has 0 unspecified atom stereocenters. The van der Waals surface area contributed by atoms with E-state index in [1.54, 1.807) is 37.3 Å². The minimum Gasteiger partial charge on any atom is -0.334 e. The summed E-state index contributed by atoms with van der Waals surface area (Å²) in [6.07, 6.45) is 0. The van der Waals surface area contributed by atoms with Gasteiger partial charge in [0.25, 0.3) is 11.8 Å². The van der Waals surface area contributed by atoms with Crippen LogP contribution in [0.4, 0.5) is 5.82 Å². The second-order valence-corrected chi connectivity index (χ2v) is 4.61. The van der Waals surface area contributed by atoms with E-state index in [1.165, 1.54) is 0 Å². The van der Waals surface area contributed by atoms with Gasteiger partial charge in [-0.2, -0.15) is 10.1 Å². The molecule has 2 aromatic heterocycles. The van der Waals surface area contributed by atoms with Crippen molar-refractivity contribution in [3.63, 3.8) is 0 Å². The van der Waals surface area contributed by atoms with E-state index in [4.69, 9.17) is 4.52 Å². The molecular weight excluding hydrogens is 270 g/mol. The molecule has 0 spiro atoms. The highest BCUT2D eigenvalue weighted by atomic mass is 16.5. The Labute approximate surface area is 120 Å². The van der Waals surface area contributed by atoms with Gasteiger partial charge in [-0.1, -0.05) is 5.16 Å². The first-order valence-electron chi connectivity index (χ1n) is 6.36. The molecule has 2 N–H and O–H groups in total. The lowest BCUT2D eigenvalue weighted by molar-refractivity contribution is 0.102. The third kappa shape index (κ3) is 2.81. The minimum absolute atomic E-state index is 0.227. The van der Waals surface area contributed by atoms with E-state index >= 15 is 0 Å². The van der Waals surface area contributed by atoms with Gasteiger partial charge in [0.15, 0.2) is 11.6 Å². The number of benzene rings is 1. The topological polar surface area (TPSA) is 96.7 Å². The zero-order valence-corrected chi connectivity index (χ0v) is 11.5. The highest BCUT2D eigenvalue weighted by Crippen LogP contribution is 2.18. The Morgan fingerprint density at radius 2 is 2.00 bits per heavy atom. The number of carbonyl (C=O) groups is 1. The molecule has 0 atom stereocenters. The highest BCUT2D eigenvalue weighted by Gasteiger charge is 2.10. The predicted octanol–water partition coefficient (Wildman–Crippen LogP) is 2.33. The first-order valence-corrected chi connectivity index (χ1v) is 6.36. The van der Waals surface area contributed by atoms with Crippen LogP contribution in [0.3, 0.4) is 0 Å². The number of anilines is 1. The van der Waals surface area contributed by atoms with Gasteiger partial charge in [-0.3, -0.25) is 9.89 Å². The molecule has 0 saturated heterocycles. The van der Waals surface area contributed by atoms with E-state index in [0.29, 0.717) is 23.1 Å². The standard InChI is InChI=1S/C14H13N5O2/c1-8-7-12(18-17-8)16-13(20)10-3-5-11(6-4-10)14-15-9(2)19-21-14/h3-7H,1-2H3,(H2,16,17,18,20). The van der Waals surface area contributed by atoms with Crippen LogP contribution in [0.25, 0.3) is 11.5 Å². The molecule has 0 saturated carbocycles. The number of hydrogen-bond donors (Lipinski definition) is 2. The Balaban J connectivity index is 1.76. The van der Waals surface area contributed by atoms with Crippen LogP contribution in [-0.4, -0.2) is 26.2 Å². The first-order chi connectivity index (χ1) is 10.1. The third-order valence-electron chi connectivity index (χ3n) is 2.87. The number of carbonyl (C=O) groups excluding carboxylic acids is 1. The maximum Gasteiger partial charge on any atom is 0.257 e. The molecule has 106 valence electrons. The van der Waals surface area contributed by atoms with Crippen LogP contribution in [0.15, 0.2) is 34.9 Å². The normalized spacial score (nSPS) is 10.6. The summed E-state index contributed by atoms with van der Waals surface area (Å²) in [5.41, 5.74) is 2.17. The van der Waals surface area contributed by atoms with Gasteiger partial charge in [0.05, 0.1) is 0 Å². The van der Waals surface area contributed by atoms with E-state index < -0.39 is 0 Å². The molecule has 3 rings (SSSR count). The minimum atomic E-state index is -0.227. The van der Waals surface area contributed by atoms with Crippen molar-refractivity contribution in [2.75, 3.05) is 5.32 Å². The quantitative estimate of drug-likeness (QED) is 0.769. The number of rotatable bonds is 3. The lowest BCUT2D eigenvalue weighted by Gasteiger charge is -2.02. The number of hydrogen-bond acceptors (Lipinski definition) is 5. The van der Waals surface area contributed by atoms with Crippen LogP contribution in [0.5, 0.6) is 0 Å². The summed E-state index contributed by atoms with van der Waals surface area (Å²) in [6.45, 7) is 3.62. The Hall–Kier alpha value is -2.96. The Morgan fingerprint density at radius 1 is 1.24 bits per heavy atom. The molecule has 0 aliphatic carbocycles. The molecule has 21 heavy (non-hydrogen) atoms. The zero-order valence-electron chi connectivity index (χ0n) is 11.5. The largest absolute Gasteiger partial charge is 0.334 e. The second-order valence-electron chi connectivity index (χ2n) is 4.61. The molecule has 2 heterocycles. The monoisotopic (exact) mass is 283 g/mol. The summed E-state index contributed by atoms with van der Waals surface area (Å²) >= 11 is 0. The number of nitrogens with zero attached hydrogens (tertiary/aromatic N) is 3. The molecular formula is C14H13N5O2. The van der Waals surface area contributed by atoms with Crippen molar-refractivity contribution >= 4 is 11.7 Å². The van der Waals surface area contributed by atoms with Crippen molar-refractivity contribution in [3.05, 3.63) is 47.4 Å². The number of H-pyrrole nitrogens is 1. The highest BCUT2D eigenvalue weighted by molar-refractivity contribution is 6.03. The average Bonchev–Trinajstić information content (AvgIpc) is 3.08. The summed E-state index contributed by atoms with van der Waals surface area (Å²) in [5.74, 6) is 1.27. The van der Waals surface area contributed by atoms with Gasteiger partial charge in [-0.05, 0) is 38.1 Å². The maximum atomic E-state index is 12.1. The van der Waals surface area contributed by atoms with Crippen LogP contribution in [0.2, 0.25) is 0 Å². The van der Waals surface area contributed by atoms with E-state index in [9.17, 15) is 4.79 Å². The molecule has 0 bridgehead atoms. The predicted molar refractivity (Wildman–Crippen MR) is 75.7 cm³/mol. The van der Waals surface area contributed by atoms with Crippen LogP contribution < -0.4 is 5.32 Å². The second kappa shape index (κ2) is 5.20. The fourth-order valence-corrected chi connectivity index (χ4v) is 1.85. The van der Waals surface area contributed by atoms with Crippen molar-refractivity contribution in [1.82, 2.24) is 20.3 Å². The van der Waals surface area contributed by atoms with Crippen molar-refractivity contribution in [1.29, 1.82) is 0 Å². The fraction of sp³-hybridized carbons (Fsp3) is 0.143. The van der Waals surface area contributed by atoms with Crippen molar-refractivity contribution < 1.29 is 9.32 Å². The molecule has 1 amide bonds. The number of aromatic nitrogens is 4. The van der Waals surface area contributed by atoms with Crippen LogP contribution in [-0.2, 0) is 0 Å². The zero-order chi connectivity index (χ0) is 14.8. The smallest absolute Gasteiger partial charge is 0.257 e. The van der Waals surface area contributed by atoms with E-state index in [1.807, 2.05) is 6.92 Å². The number of aromatic amines is 1. The Morgan fingerprint density at radius 3 is 2.57 bits per heavy atom. The summed E-state index contributed by atoms with van der Waals surface area (Å²) in [5, 5.41) is 13.2. The lowest BCUT2D eigenvalue weighted by Crippen LogP contribution is -2.11. The van der Waals surface area contributed by atoms with Crippen molar-refractivity contribution in [3.8, 4) is 11.5 Å². The van der Waals surface area contributed by atoms with Gasteiger partial charge in [0.2, 0.25) is 0 Å². The average molecular weight is 283 g/mol. The number of amides is 1. The third-order valence-corrected chi connectivity index (χ3v) is 2.87. The molecule has 7 nitrogen and oxygen atoms in total. The number of aryl methyl sites for hydroxylation is 2. The molecule has 0 fully saturated rings. The fourth-order valence-electron chi connectivity index (χ4n) is 1.85. The van der Waals surface area contributed by atoms with Gasteiger partial charge in [0.1, 0.15) is 0 Å². The van der Waals surface area contributed by atoms with Crippen LogP contribution in [0, 0.1) is 13.8 Å². The summed E-state index contributed by atoms with van der Waals surface area (Å²) in [7, 11) is 0. The van der Waals surface area contributed by atoms with E-state index in [-0.39, 0.29) is 5.91 Å². The van der Waals surface area contributed by atoms with Crippen molar-refractivity contribution in [2.45, 2.75) is 13.8 Å². The molecule has 0 aliphatic heterocycles. The Kier molecular flexibility index (Phi) is 3.23. The number of nitrogens with one attached hydrogen (secondary N) is 2. The van der Waals surface area contributed by atoms with Gasteiger partial charge in [0, 0.05) is 22.9 Å². The van der Waals surface area contributed by atoms with Crippen molar-refractivity contribution in [2.24, 2.45) is 0 Å². The lowest BCUT2D eigenvalue weighted by atomic mass is 10.1. The molecule has 0 aliphatic rings. The van der Waals surface area contributed by atoms with E-state index in [0.717, 1.165) is 11.3 Å². The van der Waals surface area contributed by atoms with Crippen LogP contribution >= 0.6 is 0 Å². The summed E-state index contributed by atoms with van der Waals surface area (Å²) < 4.78 is 5.07. The van der Waals surface area contributed by atoms with Gasteiger partial charge < -0.3 is 9.84 Å². The molecule has 1 aromatic carbocycles. The van der Waals surface area contributed by atoms with Crippen LogP contribution in [0.1, 0.15) is 21.9 Å². The summed E-state index contributed by atoms with van der Waals surface area (Å²) in [6, 6.07) is 8.68. The molecule has 3 aromatic rings.